The number of nitrogens with zero attached hydrogens (tertiary/aromatic N) is 3. The molecule has 4 rings (SSSR count). The lowest BCUT2D eigenvalue weighted by Crippen LogP contribution is -2.48. The molecule has 3 aliphatic rings. The van der Waals surface area contributed by atoms with Crippen LogP contribution in [0.15, 0.2) is 24.3 Å². The molecule has 1 aliphatic heterocycles. The average molecular weight is 400 g/mol. The van der Waals surface area contributed by atoms with Crippen LogP contribution >= 0.6 is 0 Å². The minimum Gasteiger partial charge on any atom is -0.453 e. The molecule has 158 valence electrons. The Balaban J connectivity index is 1.40. The lowest BCUT2D eigenvalue weighted by atomic mass is 9.90. The number of piperazine rings is 1. The fourth-order valence-corrected chi connectivity index (χ4v) is 4.99. The molecular formula is C23H33N3O3. The number of anilines is 1. The van der Waals surface area contributed by atoms with Crippen LogP contribution in [0.1, 0.15) is 50.5 Å². The highest BCUT2D eigenvalue weighted by atomic mass is 16.5. The van der Waals surface area contributed by atoms with Gasteiger partial charge in [-0.25, -0.2) is 4.79 Å². The maximum Gasteiger partial charge on any atom is 0.409 e. The van der Waals surface area contributed by atoms with Crippen LogP contribution in [0.5, 0.6) is 0 Å². The molecule has 2 amide bonds. The first-order chi connectivity index (χ1) is 14.0. The molecule has 0 N–H and O–H groups in total. The van der Waals surface area contributed by atoms with Gasteiger partial charge in [-0.3, -0.25) is 4.79 Å². The van der Waals surface area contributed by atoms with Gasteiger partial charge in [-0.2, -0.15) is 0 Å². The van der Waals surface area contributed by atoms with Gasteiger partial charge in [-0.1, -0.05) is 31.4 Å². The van der Waals surface area contributed by atoms with Crippen molar-refractivity contribution in [2.24, 2.45) is 0 Å². The lowest BCUT2D eigenvalue weighted by molar-refractivity contribution is -0.135. The summed E-state index contributed by atoms with van der Waals surface area (Å²) in [7, 11) is 3.43. The van der Waals surface area contributed by atoms with Crippen molar-refractivity contribution < 1.29 is 14.3 Å². The molecule has 2 aliphatic carbocycles. The number of likely N-dealkylation sites (N-methyl/N-ethyl adjacent to an activating group) is 1. The molecule has 6 heteroatoms. The Morgan fingerprint density at radius 2 is 1.62 bits per heavy atom. The third-order valence-corrected chi connectivity index (χ3v) is 7.10. The van der Waals surface area contributed by atoms with E-state index in [4.69, 9.17) is 4.74 Å². The van der Waals surface area contributed by atoms with Crippen LogP contribution in [0.4, 0.5) is 10.5 Å². The summed E-state index contributed by atoms with van der Waals surface area (Å²) in [4.78, 5) is 31.0. The summed E-state index contributed by atoms with van der Waals surface area (Å²) < 4.78 is 4.81. The van der Waals surface area contributed by atoms with Crippen molar-refractivity contribution in [3.05, 3.63) is 29.8 Å². The van der Waals surface area contributed by atoms with Crippen LogP contribution in [0.2, 0.25) is 0 Å². The monoisotopic (exact) mass is 399 g/mol. The lowest BCUT2D eigenvalue weighted by Gasteiger charge is -2.36. The zero-order valence-corrected chi connectivity index (χ0v) is 17.7. The predicted octanol–water partition coefficient (Wildman–Crippen LogP) is 3.40. The van der Waals surface area contributed by atoms with E-state index in [-0.39, 0.29) is 11.5 Å². The summed E-state index contributed by atoms with van der Waals surface area (Å²) in [5, 5.41) is 0. The Labute approximate surface area is 173 Å². The minimum atomic E-state index is -0.297. The van der Waals surface area contributed by atoms with E-state index in [0.29, 0.717) is 25.0 Å². The van der Waals surface area contributed by atoms with Crippen molar-refractivity contribution in [2.45, 2.75) is 56.4 Å². The molecule has 0 spiro atoms. The number of amides is 2. The van der Waals surface area contributed by atoms with Crippen LogP contribution in [-0.2, 0) is 14.9 Å². The van der Waals surface area contributed by atoms with Crippen LogP contribution in [0, 0.1) is 0 Å². The predicted molar refractivity (Wildman–Crippen MR) is 113 cm³/mol. The second kappa shape index (κ2) is 8.25. The van der Waals surface area contributed by atoms with E-state index >= 15 is 0 Å². The molecule has 0 radical (unpaired) electrons. The van der Waals surface area contributed by atoms with Gasteiger partial charge in [0.25, 0.3) is 0 Å². The fraction of sp³-hybridized carbons (Fsp3) is 0.652. The molecule has 0 atom stereocenters. The Morgan fingerprint density at radius 1 is 1.00 bits per heavy atom. The quantitative estimate of drug-likeness (QED) is 0.779. The number of methoxy groups -OCH3 is 1. The number of ether oxygens (including phenoxy) is 1. The second-order valence-electron chi connectivity index (χ2n) is 8.78. The number of carbonyl (C=O) groups is 2. The molecule has 0 unspecified atom stereocenters. The number of rotatable bonds is 4. The average Bonchev–Trinajstić information content (AvgIpc) is 3.60. The highest BCUT2D eigenvalue weighted by Gasteiger charge is 2.53. The standard InChI is InChI=1S/C23H33N3O3/c1-24(19-6-4-3-5-7-19)21(27)23(12-13-23)18-8-10-20(11-9-18)25-14-16-26(17-15-25)22(28)29-2/h8-11,19H,3-7,12-17H2,1-2H3. The highest BCUT2D eigenvalue weighted by molar-refractivity contribution is 5.91. The van der Waals surface area contributed by atoms with Crippen LogP contribution in [-0.4, -0.2) is 68.2 Å². The van der Waals surface area contributed by atoms with Crippen LogP contribution < -0.4 is 4.90 Å². The van der Waals surface area contributed by atoms with Gasteiger partial charge < -0.3 is 19.4 Å². The molecule has 1 heterocycles. The van der Waals surface area contributed by atoms with Gasteiger partial charge in [0.1, 0.15) is 0 Å². The highest BCUT2D eigenvalue weighted by Crippen LogP contribution is 2.50. The minimum absolute atomic E-state index is 0.253. The maximum atomic E-state index is 13.3. The molecule has 1 saturated heterocycles. The van der Waals surface area contributed by atoms with E-state index < -0.39 is 0 Å². The number of hydrogen-bond donors (Lipinski definition) is 0. The summed E-state index contributed by atoms with van der Waals surface area (Å²) >= 11 is 0. The topological polar surface area (TPSA) is 53.1 Å². The summed E-state index contributed by atoms with van der Waals surface area (Å²) in [6.07, 6.45) is 7.75. The van der Waals surface area contributed by atoms with Gasteiger partial charge in [0.2, 0.25) is 5.91 Å². The molecule has 0 bridgehead atoms. The number of carbonyl (C=O) groups excluding carboxylic acids is 2. The molecular weight excluding hydrogens is 366 g/mol. The zero-order valence-electron chi connectivity index (χ0n) is 17.7. The van der Waals surface area contributed by atoms with E-state index in [2.05, 4.69) is 29.2 Å². The SMILES string of the molecule is COC(=O)N1CCN(c2ccc(C3(C(=O)N(C)C4CCCCC4)CC3)cc2)CC1. The van der Waals surface area contributed by atoms with Crippen molar-refractivity contribution in [3.63, 3.8) is 0 Å². The first-order valence-electron chi connectivity index (χ1n) is 11.0. The third kappa shape index (κ3) is 3.94. The van der Waals surface area contributed by atoms with Crippen LogP contribution in [0.3, 0.4) is 0 Å². The Bertz CT molecular complexity index is 730. The van der Waals surface area contributed by atoms with E-state index in [9.17, 15) is 9.59 Å². The molecule has 29 heavy (non-hydrogen) atoms. The van der Waals surface area contributed by atoms with Crippen molar-refractivity contribution >= 4 is 17.7 Å². The first kappa shape index (κ1) is 20.0. The van der Waals surface area contributed by atoms with Crippen molar-refractivity contribution in [3.8, 4) is 0 Å². The smallest absolute Gasteiger partial charge is 0.409 e. The Hall–Kier alpha value is -2.24. The maximum absolute atomic E-state index is 13.3. The van der Waals surface area contributed by atoms with E-state index in [1.807, 2.05) is 11.9 Å². The Morgan fingerprint density at radius 3 is 2.17 bits per heavy atom. The molecule has 0 aromatic heterocycles. The van der Waals surface area contributed by atoms with Gasteiger partial charge in [0, 0.05) is 45.0 Å². The molecule has 3 fully saturated rings. The van der Waals surface area contributed by atoms with Crippen molar-refractivity contribution in [1.82, 2.24) is 9.80 Å². The number of hydrogen-bond acceptors (Lipinski definition) is 4. The van der Waals surface area contributed by atoms with Gasteiger partial charge in [0.15, 0.2) is 0 Å². The Kier molecular flexibility index (Phi) is 5.70. The molecule has 2 saturated carbocycles. The molecule has 1 aromatic carbocycles. The molecule has 1 aromatic rings. The second-order valence-corrected chi connectivity index (χ2v) is 8.78. The van der Waals surface area contributed by atoms with Crippen molar-refractivity contribution in [1.29, 1.82) is 0 Å². The summed E-state index contributed by atoms with van der Waals surface area (Å²) in [6, 6.07) is 8.97. The van der Waals surface area contributed by atoms with Gasteiger partial charge in [-0.05, 0) is 43.4 Å². The summed E-state index contributed by atoms with van der Waals surface area (Å²) in [5.74, 6) is 0.309. The summed E-state index contributed by atoms with van der Waals surface area (Å²) in [6.45, 7) is 2.93. The van der Waals surface area contributed by atoms with E-state index in [1.54, 1.807) is 4.90 Å². The molecule has 6 nitrogen and oxygen atoms in total. The largest absolute Gasteiger partial charge is 0.453 e. The van der Waals surface area contributed by atoms with Crippen LogP contribution in [0.25, 0.3) is 0 Å². The fourth-order valence-electron chi connectivity index (χ4n) is 4.99. The van der Waals surface area contributed by atoms with Gasteiger partial charge in [-0.15, -0.1) is 0 Å². The van der Waals surface area contributed by atoms with Gasteiger partial charge in [0.05, 0.1) is 12.5 Å². The van der Waals surface area contributed by atoms with Crippen molar-refractivity contribution in [2.75, 3.05) is 45.2 Å². The van der Waals surface area contributed by atoms with E-state index in [0.717, 1.165) is 50.0 Å². The normalized spacial score (nSPS) is 21.6. The third-order valence-electron chi connectivity index (χ3n) is 7.10. The first-order valence-corrected chi connectivity index (χ1v) is 11.0. The van der Waals surface area contributed by atoms with Gasteiger partial charge >= 0.3 is 6.09 Å². The zero-order chi connectivity index (χ0) is 20.4. The number of benzene rings is 1. The van der Waals surface area contributed by atoms with E-state index in [1.165, 1.54) is 26.4 Å². The summed E-state index contributed by atoms with van der Waals surface area (Å²) in [5.41, 5.74) is 2.01.